The van der Waals surface area contributed by atoms with E-state index < -0.39 is 4.92 Å². The van der Waals surface area contributed by atoms with Crippen LogP contribution in [0.4, 0.5) is 17.3 Å². The Morgan fingerprint density at radius 3 is 2.95 bits per heavy atom. The van der Waals surface area contributed by atoms with E-state index >= 15 is 0 Å². The molecule has 3 N–H and O–H groups in total. The highest BCUT2D eigenvalue weighted by atomic mass is 16.6. The van der Waals surface area contributed by atoms with Gasteiger partial charge in [0.1, 0.15) is 12.1 Å². The zero-order valence-corrected chi connectivity index (χ0v) is 10.3. The molecule has 2 aromatic heterocycles. The summed E-state index contributed by atoms with van der Waals surface area (Å²) < 4.78 is 1.59. The van der Waals surface area contributed by atoms with Crippen LogP contribution in [-0.2, 0) is 13.5 Å². The molecule has 19 heavy (non-hydrogen) atoms. The van der Waals surface area contributed by atoms with Gasteiger partial charge < -0.3 is 11.1 Å². The van der Waals surface area contributed by atoms with Crippen LogP contribution in [0.1, 0.15) is 5.82 Å². The van der Waals surface area contributed by atoms with Gasteiger partial charge in [-0.2, -0.15) is 5.10 Å². The van der Waals surface area contributed by atoms with Crippen LogP contribution >= 0.6 is 0 Å². The molecule has 0 saturated heterocycles. The molecule has 0 aliphatic heterocycles. The van der Waals surface area contributed by atoms with Gasteiger partial charge in [0.2, 0.25) is 5.82 Å². The van der Waals surface area contributed by atoms with E-state index in [4.69, 9.17) is 5.73 Å². The molecule has 2 rings (SSSR count). The van der Waals surface area contributed by atoms with Gasteiger partial charge in [0, 0.05) is 26.1 Å². The van der Waals surface area contributed by atoms with Crippen molar-refractivity contribution < 1.29 is 4.92 Å². The largest absolute Gasteiger partial charge is 0.384 e. The van der Waals surface area contributed by atoms with Gasteiger partial charge in [-0.15, -0.1) is 0 Å². The molecule has 9 heteroatoms. The number of nitrogen functional groups attached to an aromatic ring is 1. The van der Waals surface area contributed by atoms with Gasteiger partial charge in [-0.3, -0.25) is 14.8 Å². The summed E-state index contributed by atoms with van der Waals surface area (Å²) in [6.07, 6.45) is 2.13. The summed E-state index contributed by atoms with van der Waals surface area (Å²) in [5, 5.41) is 17.8. The average Bonchev–Trinajstić information content (AvgIpc) is 2.75. The van der Waals surface area contributed by atoms with Crippen molar-refractivity contribution in [2.45, 2.75) is 6.42 Å². The van der Waals surface area contributed by atoms with Crippen LogP contribution in [0, 0.1) is 10.1 Å². The summed E-state index contributed by atoms with van der Waals surface area (Å²) in [6.45, 7) is 0.432. The molecule has 0 aliphatic carbocycles. The van der Waals surface area contributed by atoms with E-state index in [1.165, 1.54) is 12.1 Å². The molecule has 0 unspecified atom stereocenters. The van der Waals surface area contributed by atoms with Gasteiger partial charge in [-0.1, -0.05) is 0 Å². The minimum Gasteiger partial charge on any atom is -0.384 e. The van der Waals surface area contributed by atoms with Crippen molar-refractivity contribution in [2.24, 2.45) is 7.05 Å². The highest BCUT2D eigenvalue weighted by molar-refractivity contribution is 5.59. The van der Waals surface area contributed by atoms with Crippen LogP contribution in [-0.4, -0.2) is 31.2 Å². The summed E-state index contributed by atoms with van der Waals surface area (Å²) in [4.78, 5) is 18.3. The lowest BCUT2D eigenvalue weighted by atomic mass is 10.3. The number of aromatic nitrogens is 4. The summed E-state index contributed by atoms with van der Waals surface area (Å²) in [5.41, 5.74) is 5.40. The van der Waals surface area contributed by atoms with Gasteiger partial charge in [-0.25, -0.2) is 9.97 Å². The highest BCUT2D eigenvalue weighted by Gasteiger charge is 2.15. The van der Waals surface area contributed by atoms with Crippen LogP contribution in [0.3, 0.4) is 0 Å². The number of nitro groups is 1. The van der Waals surface area contributed by atoms with Gasteiger partial charge in [-0.05, 0) is 6.07 Å². The quantitative estimate of drug-likeness (QED) is 0.589. The topological polar surface area (TPSA) is 125 Å². The lowest BCUT2D eigenvalue weighted by Crippen LogP contribution is -2.10. The second-order valence-corrected chi connectivity index (χ2v) is 3.87. The van der Waals surface area contributed by atoms with E-state index in [0.717, 1.165) is 0 Å². The van der Waals surface area contributed by atoms with Gasteiger partial charge >= 0.3 is 5.69 Å². The third-order valence-electron chi connectivity index (χ3n) is 2.38. The van der Waals surface area contributed by atoms with E-state index in [0.29, 0.717) is 18.8 Å². The second kappa shape index (κ2) is 5.29. The number of rotatable bonds is 5. The minimum atomic E-state index is -0.506. The molecule has 0 aliphatic rings. The molecular formula is C10H13N7O2. The minimum absolute atomic E-state index is 0.108. The van der Waals surface area contributed by atoms with E-state index in [1.807, 2.05) is 0 Å². The first-order chi connectivity index (χ1) is 9.06. The zero-order valence-electron chi connectivity index (χ0n) is 10.3. The third-order valence-corrected chi connectivity index (χ3v) is 2.38. The van der Waals surface area contributed by atoms with Crippen LogP contribution < -0.4 is 11.1 Å². The number of aryl methyl sites for hydroxylation is 1. The Morgan fingerprint density at radius 2 is 2.32 bits per heavy atom. The Morgan fingerprint density at radius 1 is 1.53 bits per heavy atom. The first-order valence-electron chi connectivity index (χ1n) is 5.55. The average molecular weight is 263 g/mol. The number of anilines is 2. The normalized spacial score (nSPS) is 10.4. The molecule has 0 saturated carbocycles. The van der Waals surface area contributed by atoms with Gasteiger partial charge in [0.25, 0.3) is 0 Å². The number of nitrogens with two attached hydrogens (primary N) is 1. The Hall–Kier alpha value is -2.71. The van der Waals surface area contributed by atoms with E-state index in [1.54, 1.807) is 18.1 Å². The molecule has 0 amide bonds. The van der Waals surface area contributed by atoms with Crippen molar-refractivity contribution in [3.8, 4) is 0 Å². The van der Waals surface area contributed by atoms with E-state index in [2.05, 4.69) is 20.4 Å². The number of hydrogen-bond acceptors (Lipinski definition) is 7. The van der Waals surface area contributed by atoms with Crippen LogP contribution in [0.5, 0.6) is 0 Å². The first kappa shape index (κ1) is 12.7. The number of hydrogen-bond donors (Lipinski definition) is 2. The Bertz CT molecular complexity index is 595. The summed E-state index contributed by atoms with van der Waals surface area (Å²) >= 11 is 0. The molecular weight excluding hydrogens is 250 g/mol. The summed E-state index contributed by atoms with van der Waals surface area (Å²) in [7, 11) is 1.77. The Balaban J connectivity index is 2.02. The Kier molecular flexibility index (Phi) is 3.55. The predicted octanol–water partition coefficient (Wildman–Crippen LogP) is 0.355. The fourth-order valence-electron chi connectivity index (χ4n) is 1.54. The predicted molar refractivity (Wildman–Crippen MR) is 68.5 cm³/mol. The van der Waals surface area contributed by atoms with Crippen LogP contribution in [0.2, 0.25) is 0 Å². The van der Waals surface area contributed by atoms with Crippen LogP contribution in [0.25, 0.3) is 0 Å². The molecule has 0 spiro atoms. The smallest absolute Gasteiger partial charge is 0.311 e. The van der Waals surface area contributed by atoms with Crippen molar-refractivity contribution in [1.82, 2.24) is 19.7 Å². The maximum atomic E-state index is 10.8. The van der Waals surface area contributed by atoms with Crippen LogP contribution in [0.15, 0.2) is 18.5 Å². The van der Waals surface area contributed by atoms with Gasteiger partial charge in [0.05, 0.1) is 4.92 Å². The first-order valence-corrected chi connectivity index (χ1v) is 5.55. The number of nitrogens with zero attached hydrogens (tertiary/aromatic N) is 5. The van der Waals surface area contributed by atoms with Crippen molar-refractivity contribution in [3.63, 3.8) is 0 Å². The number of nitrogens with one attached hydrogen (secondary N) is 1. The van der Waals surface area contributed by atoms with Crippen molar-refractivity contribution in [2.75, 3.05) is 17.6 Å². The zero-order chi connectivity index (χ0) is 13.8. The molecule has 0 aromatic carbocycles. The second-order valence-electron chi connectivity index (χ2n) is 3.87. The fourth-order valence-corrected chi connectivity index (χ4v) is 1.54. The summed E-state index contributed by atoms with van der Waals surface area (Å²) in [6, 6.07) is 2.72. The third kappa shape index (κ3) is 3.15. The molecule has 0 fully saturated rings. The molecule has 9 nitrogen and oxygen atoms in total. The van der Waals surface area contributed by atoms with E-state index in [9.17, 15) is 10.1 Å². The molecule has 2 aromatic rings. The van der Waals surface area contributed by atoms with E-state index in [-0.39, 0.29) is 17.3 Å². The lowest BCUT2D eigenvalue weighted by Gasteiger charge is -2.05. The Labute approximate surface area is 108 Å². The maximum Gasteiger partial charge on any atom is 0.311 e. The SMILES string of the molecule is Cn1cnc(CCNc2nc(N)ccc2[N+](=O)[O-])n1. The van der Waals surface area contributed by atoms with Crippen molar-refractivity contribution in [1.29, 1.82) is 0 Å². The molecule has 0 radical (unpaired) electrons. The molecule has 100 valence electrons. The standard InChI is InChI=1S/C10H13N7O2/c1-16-6-13-9(15-16)4-5-12-10-7(17(18)19)2-3-8(11)14-10/h2-3,6H,4-5H2,1H3,(H3,11,12,14). The molecule has 2 heterocycles. The number of pyridine rings is 1. The summed E-state index contributed by atoms with van der Waals surface area (Å²) in [5.74, 6) is 1.03. The maximum absolute atomic E-state index is 10.8. The molecule has 0 atom stereocenters. The highest BCUT2D eigenvalue weighted by Crippen LogP contribution is 2.22. The van der Waals surface area contributed by atoms with Gasteiger partial charge in [0.15, 0.2) is 5.82 Å². The lowest BCUT2D eigenvalue weighted by molar-refractivity contribution is -0.384. The molecule has 0 bridgehead atoms. The van der Waals surface area contributed by atoms with Crippen molar-refractivity contribution >= 4 is 17.3 Å². The monoisotopic (exact) mass is 263 g/mol. The fraction of sp³-hybridized carbons (Fsp3) is 0.300. The van der Waals surface area contributed by atoms with Crippen molar-refractivity contribution in [3.05, 3.63) is 34.4 Å².